The number of rotatable bonds is 3. The normalized spacial score (nSPS) is 29.8. The van der Waals surface area contributed by atoms with Gasteiger partial charge in [0, 0.05) is 19.5 Å². The summed E-state index contributed by atoms with van der Waals surface area (Å²) in [5.41, 5.74) is -0.887. The van der Waals surface area contributed by atoms with Crippen LogP contribution in [-0.4, -0.2) is 54.0 Å². The minimum Gasteiger partial charge on any atom is -0.455 e. The van der Waals surface area contributed by atoms with E-state index in [9.17, 15) is 9.59 Å². The van der Waals surface area contributed by atoms with E-state index in [1.54, 1.807) is 11.8 Å². The van der Waals surface area contributed by atoms with Crippen molar-refractivity contribution in [2.45, 2.75) is 17.7 Å². The summed E-state index contributed by atoms with van der Waals surface area (Å²) in [5, 5.41) is 0. The van der Waals surface area contributed by atoms with Crippen molar-refractivity contribution in [3.8, 4) is 0 Å². The van der Waals surface area contributed by atoms with Gasteiger partial charge in [0.05, 0.1) is 13.2 Å². The molecule has 7 heteroatoms. The van der Waals surface area contributed by atoms with Crippen LogP contribution >= 0.6 is 23.2 Å². The molecule has 1 saturated carbocycles. The van der Waals surface area contributed by atoms with Crippen LogP contribution in [0.1, 0.15) is 13.3 Å². The number of alkyl halides is 2. The average molecular weight is 296 g/mol. The van der Waals surface area contributed by atoms with Gasteiger partial charge in [-0.25, -0.2) is 0 Å². The van der Waals surface area contributed by atoms with Crippen LogP contribution in [0.2, 0.25) is 0 Å². The number of esters is 1. The molecule has 0 radical (unpaired) electrons. The number of morpholine rings is 1. The van der Waals surface area contributed by atoms with Crippen LogP contribution in [0.3, 0.4) is 0 Å². The Kier molecular flexibility index (Phi) is 3.76. The Morgan fingerprint density at radius 1 is 1.33 bits per heavy atom. The second-order valence-corrected chi connectivity index (χ2v) is 6.27. The molecule has 0 aromatic heterocycles. The predicted molar refractivity (Wildman–Crippen MR) is 65.5 cm³/mol. The van der Waals surface area contributed by atoms with E-state index in [1.807, 2.05) is 0 Å². The van der Waals surface area contributed by atoms with Gasteiger partial charge in [-0.05, 0) is 6.92 Å². The first-order valence-electron chi connectivity index (χ1n) is 5.77. The summed E-state index contributed by atoms with van der Waals surface area (Å²) in [4.78, 5) is 25.1. The zero-order chi connectivity index (χ0) is 13.4. The van der Waals surface area contributed by atoms with Crippen LogP contribution < -0.4 is 0 Å². The van der Waals surface area contributed by atoms with E-state index in [0.29, 0.717) is 32.7 Å². The Labute approximate surface area is 115 Å². The fraction of sp³-hybridized carbons (Fsp3) is 0.818. The zero-order valence-corrected chi connectivity index (χ0v) is 11.6. The third-order valence-electron chi connectivity index (χ3n) is 3.40. The number of carbonyl (C=O) groups is 2. The van der Waals surface area contributed by atoms with Gasteiger partial charge in [-0.3, -0.25) is 9.59 Å². The van der Waals surface area contributed by atoms with Crippen molar-refractivity contribution in [2.75, 3.05) is 32.9 Å². The molecule has 2 rings (SSSR count). The van der Waals surface area contributed by atoms with Gasteiger partial charge in [-0.1, -0.05) is 0 Å². The molecule has 1 heterocycles. The van der Waals surface area contributed by atoms with Gasteiger partial charge >= 0.3 is 5.97 Å². The molecular weight excluding hydrogens is 281 g/mol. The topological polar surface area (TPSA) is 55.8 Å². The number of carbonyl (C=O) groups excluding carboxylic acids is 2. The Morgan fingerprint density at radius 3 is 2.39 bits per heavy atom. The van der Waals surface area contributed by atoms with Gasteiger partial charge in [-0.2, -0.15) is 0 Å². The third kappa shape index (κ3) is 2.58. The lowest BCUT2D eigenvalue weighted by molar-refractivity contribution is -0.157. The standard InChI is InChI=1S/C11H15Cl2NO4/c1-10(7-11(10,12)13)9(16)18-6-8(15)14-2-4-17-5-3-14/h2-7H2,1H3. The minimum absolute atomic E-state index is 0.217. The van der Waals surface area contributed by atoms with E-state index in [-0.39, 0.29) is 12.5 Å². The molecule has 1 aliphatic carbocycles. The van der Waals surface area contributed by atoms with Gasteiger partial charge in [0.1, 0.15) is 9.75 Å². The van der Waals surface area contributed by atoms with Crippen LogP contribution in [0.15, 0.2) is 0 Å². The number of halogens is 2. The fourth-order valence-electron chi connectivity index (χ4n) is 1.81. The molecule has 2 aliphatic rings. The molecule has 1 amide bonds. The van der Waals surface area contributed by atoms with Gasteiger partial charge in [0.15, 0.2) is 6.61 Å². The number of hydrogen-bond acceptors (Lipinski definition) is 4. The lowest BCUT2D eigenvalue weighted by Gasteiger charge is -2.26. The molecule has 1 aliphatic heterocycles. The molecule has 1 saturated heterocycles. The van der Waals surface area contributed by atoms with E-state index in [4.69, 9.17) is 32.7 Å². The largest absolute Gasteiger partial charge is 0.455 e. The van der Waals surface area contributed by atoms with E-state index in [0.717, 1.165) is 0 Å². The maximum atomic E-state index is 11.7. The summed E-state index contributed by atoms with van der Waals surface area (Å²) < 4.78 is 9.05. The summed E-state index contributed by atoms with van der Waals surface area (Å²) in [7, 11) is 0. The number of nitrogens with zero attached hydrogens (tertiary/aromatic N) is 1. The minimum atomic E-state index is -1.06. The highest BCUT2D eigenvalue weighted by Gasteiger charge is 2.69. The van der Waals surface area contributed by atoms with Crippen molar-refractivity contribution < 1.29 is 19.1 Å². The summed E-state index contributed by atoms with van der Waals surface area (Å²) in [5.74, 6) is -0.736. The van der Waals surface area contributed by atoms with Crippen molar-refractivity contribution in [2.24, 2.45) is 5.41 Å². The number of amides is 1. The highest BCUT2D eigenvalue weighted by atomic mass is 35.5. The summed E-state index contributed by atoms with van der Waals surface area (Å²) in [6, 6.07) is 0. The summed E-state index contributed by atoms with van der Waals surface area (Å²) >= 11 is 11.7. The molecule has 2 fully saturated rings. The highest BCUT2D eigenvalue weighted by molar-refractivity contribution is 6.53. The van der Waals surface area contributed by atoms with E-state index >= 15 is 0 Å². The second-order valence-electron chi connectivity index (χ2n) is 4.78. The molecule has 0 spiro atoms. The average Bonchev–Trinajstić information content (AvgIpc) is 2.87. The van der Waals surface area contributed by atoms with E-state index in [1.165, 1.54) is 0 Å². The first-order chi connectivity index (χ1) is 8.37. The lowest BCUT2D eigenvalue weighted by Crippen LogP contribution is -2.43. The number of ether oxygens (including phenoxy) is 2. The van der Waals surface area contributed by atoms with Crippen molar-refractivity contribution in [1.29, 1.82) is 0 Å². The zero-order valence-electron chi connectivity index (χ0n) is 10.1. The fourth-order valence-corrected chi connectivity index (χ4v) is 2.50. The molecule has 0 aromatic carbocycles. The van der Waals surface area contributed by atoms with Gasteiger partial charge in [0.25, 0.3) is 5.91 Å². The van der Waals surface area contributed by atoms with Crippen molar-refractivity contribution in [3.63, 3.8) is 0 Å². The van der Waals surface area contributed by atoms with Crippen LogP contribution in [0.4, 0.5) is 0 Å². The van der Waals surface area contributed by atoms with Gasteiger partial charge in [-0.15, -0.1) is 23.2 Å². The molecule has 0 aromatic rings. The van der Waals surface area contributed by atoms with Crippen LogP contribution in [0.5, 0.6) is 0 Å². The van der Waals surface area contributed by atoms with Crippen LogP contribution in [0.25, 0.3) is 0 Å². The van der Waals surface area contributed by atoms with Crippen molar-refractivity contribution in [1.82, 2.24) is 4.90 Å². The predicted octanol–water partition coefficient (Wildman–Crippen LogP) is 0.972. The van der Waals surface area contributed by atoms with E-state index in [2.05, 4.69) is 0 Å². The quantitative estimate of drug-likeness (QED) is 0.575. The smallest absolute Gasteiger partial charge is 0.315 e. The Morgan fingerprint density at radius 2 is 1.89 bits per heavy atom. The number of hydrogen-bond donors (Lipinski definition) is 0. The molecule has 18 heavy (non-hydrogen) atoms. The third-order valence-corrected chi connectivity index (χ3v) is 4.50. The van der Waals surface area contributed by atoms with Crippen LogP contribution in [0, 0.1) is 5.41 Å². The SMILES string of the molecule is CC1(C(=O)OCC(=O)N2CCOCC2)CC1(Cl)Cl. The molecule has 1 atom stereocenters. The Hall–Kier alpha value is -0.520. The van der Waals surface area contributed by atoms with Gasteiger partial charge in [0.2, 0.25) is 0 Å². The molecule has 0 bridgehead atoms. The summed E-state index contributed by atoms with van der Waals surface area (Å²) in [6.07, 6.45) is 0.355. The first-order valence-corrected chi connectivity index (χ1v) is 6.53. The highest BCUT2D eigenvalue weighted by Crippen LogP contribution is 2.64. The van der Waals surface area contributed by atoms with Crippen molar-refractivity contribution in [3.05, 3.63) is 0 Å². The molecule has 5 nitrogen and oxygen atoms in total. The molecule has 1 unspecified atom stereocenters. The molecular formula is C11H15Cl2NO4. The Balaban J connectivity index is 1.78. The maximum absolute atomic E-state index is 11.7. The van der Waals surface area contributed by atoms with Crippen molar-refractivity contribution >= 4 is 35.1 Å². The Bertz CT molecular complexity index is 368. The lowest BCUT2D eigenvalue weighted by atomic mass is 10.1. The van der Waals surface area contributed by atoms with Crippen LogP contribution in [-0.2, 0) is 19.1 Å². The monoisotopic (exact) mass is 295 g/mol. The maximum Gasteiger partial charge on any atom is 0.315 e. The summed E-state index contributed by atoms with van der Waals surface area (Å²) in [6.45, 7) is 3.46. The van der Waals surface area contributed by atoms with E-state index < -0.39 is 15.7 Å². The molecule has 102 valence electrons. The second kappa shape index (κ2) is 4.87. The molecule has 0 N–H and O–H groups in total. The first kappa shape index (κ1) is 13.9. The van der Waals surface area contributed by atoms with Gasteiger partial charge < -0.3 is 14.4 Å².